The predicted molar refractivity (Wildman–Crippen MR) is 130 cm³/mol. The summed E-state index contributed by atoms with van der Waals surface area (Å²) in [7, 11) is 0. The second-order valence-corrected chi connectivity index (χ2v) is 9.69. The highest BCUT2D eigenvalue weighted by atomic mass is 19.1. The van der Waals surface area contributed by atoms with Crippen molar-refractivity contribution in [3.63, 3.8) is 0 Å². The highest BCUT2D eigenvalue weighted by Crippen LogP contribution is 2.41. The molecule has 2 amide bonds. The van der Waals surface area contributed by atoms with Crippen LogP contribution in [0.3, 0.4) is 0 Å². The molecule has 0 N–H and O–H groups in total. The van der Waals surface area contributed by atoms with E-state index in [1.807, 2.05) is 29.2 Å². The minimum absolute atomic E-state index is 0.0462. The lowest BCUT2D eigenvalue weighted by Gasteiger charge is -2.38. The third-order valence-electron chi connectivity index (χ3n) is 7.15. The monoisotopic (exact) mass is 505 g/mol. The van der Waals surface area contributed by atoms with Crippen molar-refractivity contribution in [2.75, 3.05) is 32.8 Å². The summed E-state index contributed by atoms with van der Waals surface area (Å²) < 4.78 is 30.9. The molecule has 0 radical (unpaired) electrons. The Morgan fingerprint density at radius 1 is 1.08 bits per heavy atom. The number of rotatable bonds is 6. The van der Waals surface area contributed by atoms with Crippen molar-refractivity contribution in [3.05, 3.63) is 82.8 Å². The zero-order valence-corrected chi connectivity index (χ0v) is 20.4. The molecule has 0 bridgehead atoms. The van der Waals surface area contributed by atoms with Gasteiger partial charge in [0.25, 0.3) is 5.91 Å². The summed E-state index contributed by atoms with van der Waals surface area (Å²) in [5.41, 5.74) is 3.02. The van der Waals surface area contributed by atoms with Gasteiger partial charge in [0.05, 0.1) is 19.3 Å². The second kappa shape index (κ2) is 9.97. The lowest BCUT2D eigenvalue weighted by molar-refractivity contribution is -0.134. The summed E-state index contributed by atoms with van der Waals surface area (Å²) in [5.74, 6) is 0.550. The first-order valence-electron chi connectivity index (χ1n) is 12.7. The Labute approximate surface area is 214 Å². The minimum atomic E-state index is -0.379. The van der Waals surface area contributed by atoms with Crippen LogP contribution in [-0.4, -0.2) is 59.4 Å². The van der Waals surface area contributed by atoms with Gasteiger partial charge in [0.2, 0.25) is 11.8 Å². The maximum absolute atomic E-state index is 14.2. The number of hydrogen-bond acceptors (Lipinski definition) is 6. The largest absolute Gasteiger partial charge is 0.484 e. The quantitative estimate of drug-likeness (QED) is 0.507. The summed E-state index contributed by atoms with van der Waals surface area (Å²) in [4.78, 5) is 33.7. The zero-order valence-electron chi connectivity index (χ0n) is 20.4. The number of nitrogens with zero attached hydrogens (tertiary/aromatic N) is 3. The van der Waals surface area contributed by atoms with E-state index in [0.717, 1.165) is 36.0 Å². The van der Waals surface area contributed by atoms with Crippen molar-refractivity contribution in [2.45, 2.75) is 31.9 Å². The predicted octanol–water partition coefficient (Wildman–Crippen LogP) is 3.75. The number of aromatic nitrogens is 1. The summed E-state index contributed by atoms with van der Waals surface area (Å²) in [6.07, 6.45) is 3.90. The van der Waals surface area contributed by atoms with Crippen LogP contribution in [0.4, 0.5) is 4.39 Å². The average Bonchev–Trinajstić information content (AvgIpc) is 3.68. The van der Waals surface area contributed by atoms with Gasteiger partial charge in [-0.15, -0.1) is 0 Å². The molecule has 37 heavy (non-hydrogen) atoms. The van der Waals surface area contributed by atoms with Gasteiger partial charge >= 0.3 is 0 Å². The fourth-order valence-electron chi connectivity index (χ4n) is 5.07. The van der Waals surface area contributed by atoms with Crippen LogP contribution in [0.5, 0.6) is 5.75 Å². The van der Waals surface area contributed by atoms with Crippen LogP contribution < -0.4 is 4.74 Å². The summed E-state index contributed by atoms with van der Waals surface area (Å²) >= 11 is 0. The molecule has 1 saturated carbocycles. The molecule has 8 nitrogen and oxygen atoms in total. The first kappa shape index (κ1) is 23.7. The van der Waals surface area contributed by atoms with Gasteiger partial charge in [-0.2, -0.15) is 0 Å². The van der Waals surface area contributed by atoms with Crippen molar-refractivity contribution >= 4 is 11.8 Å². The molecule has 2 aliphatic heterocycles. The van der Waals surface area contributed by atoms with E-state index in [1.165, 1.54) is 18.4 Å². The van der Waals surface area contributed by atoms with Gasteiger partial charge < -0.3 is 23.7 Å². The number of morpholine rings is 1. The molecule has 3 aliphatic rings. The Hall–Kier alpha value is -3.72. The number of hydrogen-bond donors (Lipinski definition) is 0. The van der Waals surface area contributed by atoms with Gasteiger partial charge in [0, 0.05) is 25.6 Å². The highest BCUT2D eigenvalue weighted by molar-refractivity contribution is 5.92. The lowest BCUT2D eigenvalue weighted by atomic mass is 9.87. The zero-order chi connectivity index (χ0) is 25.4. The molecule has 9 heteroatoms. The Morgan fingerprint density at radius 3 is 2.70 bits per heavy atom. The van der Waals surface area contributed by atoms with E-state index in [2.05, 4.69) is 4.98 Å². The molecule has 1 atom stereocenters. The molecule has 192 valence electrons. The smallest absolute Gasteiger partial charge is 0.275 e. The maximum atomic E-state index is 14.2. The van der Waals surface area contributed by atoms with Gasteiger partial charge in [0.1, 0.15) is 17.8 Å². The van der Waals surface area contributed by atoms with E-state index in [9.17, 15) is 14.0 Å². The van der Waals surface area contributed by atoms with Crippen LogP contribution in [0.1, 0.15) is 52.0 Å². The van der Waals surface area contributed by atoms with Crippen LogP contribution in [0.25, 0.3) is 0 Å². The molecule has 6 rings (SSSR count). The number of carbonyl (C=O) groups excluding carboxylic acids is 2. The summed E-state index contributed by atoms with van der Waals surface area (Å²) in [6.45, 7) is 2.72. The second-order valence-electron chi connectivity index (χ2n) is 9.69. The lowest BCUT2D eigenvalue weighted by Crippen LogP contribution is -2.41. The molecule has 3 heterocycles. The number of benzene rings is 2. The van der Waals surface area contributed by atoms with Gasteiger partial charge in [-0.05, 0) is 60.2 Å². The Balaban J connectivity index is 1.22. The van der Waals surface area contributed by atoms with Crippen molar-refractivity contribution in [2.24, 2.45) is 5.92 Å². The molecular weight excluding hydrogens is 477 g/mol. The third-order valence-corrected chi connectivity index (χ3v) is 7.15. The Bertz CT molecular complexity index is 1310. The normalized spacial score (nSPS) is 19.4. The van der Waals surface area contributed by atoms with Crippen LogP contribution >= 0.6 is 0 Å². The van der Waals surface area contributed by atoms with E-state index >= 15 is 0 Å². The van der Waals surface area contributed by atoms with Gasteiger partial charge in [0.15, 0.2) is 12.3 Å². The molecule has 1 saturated heterocycles. The molecular formula is C28H28FN3O5. The van der Waals surface area contributed by atoms with Gasteiger partial charge in [-0.25, -0.2) is 9.37 Å². The number of halogens is 1. The Kier molecular flexibility index (Phi) is 6.38. The van der Waals surface area contributed by atoms with Crippen molar-refractivity contribution in [1.82, 2.24) is 14.8 Å². The van der Waals surface area contributed by atoms with Gasteiger partial charge in [-0.1, -0.05) is 18.2 Å². The molecule has 1 aromatic heterocycles. The maximum Gasteiger partial charge on any atom is 0.275 e. The summed E-state index contributed by atoms with van der Waals surface area (Å²) in [6, 6.07) is 11.9. The fraction of sp³-hybridized carbons (Fsp3) is 0.393. The van der Waals surface area contributed by atoms with Crippen molar-refractivity contribution in [1.29, 1.82) is 0 Å². The van der Waals surface area contributed by atoms with Crippen molar-refractivity contribution in [3.8, 4) is 5.75 Å². The van der Waals surface area contributed by atoms with Crippen LogP contribution in [0.2, 0.25) is 0 Å². The molecule has 2 aromatic carbocycles. The first-order chi connectivity index (χ1) is 18.1. The summed E-state index contributed by atoms with van der Waals surface area (Å²) in [5, 5.41) is 0. The van der Waals surface area contributed by atoms with E-state index in [4.69, 9.17) is 13.9 Å². The number of amides is 2. The molecule has 0 spiro atoms. The highest BCUT2D eigenvalue weighted by Gasteiger charge is 2.39. The minimum Gasteiger partial charge on any atom is -0.484 e. The van der Waals surface area contributed by atoms with E-state index in [0.29, 0.717) is 44.5 Å². The fourth-order valence-corrected chi connectivity index (χ4v) is 5.07. The average molecular weight is 506 g/mol. The third kappa shape index (κ3) is 4.96. The number of fused-ring (bicyclic) bond motifs is 1. The number of oxazole rings is 1. The first-order valence-corrected chi connectivity index (χ1v) is 12.7. The molecule has 2 fully saturated rings. The van der Waals surface area contributed by atoms with E-state index in [-0.39, 0.29) is 41.9 Å². The van der Waals surface area contributed by atoms with Crippen LogP contribution in [0.15, 0.2) is 53.1 Å². The van der Waals surface area contributed by atoms with E-state index < -0.39 is 0 Å². The number of carbonyl (C=O) groups is 2. The van der Waals surface area contributed by atoms with Crippen LogP contribution in [-0.2, 0) is 22.6 Å². The Morgan fingerprint density at radius 2 is 1.92 bits per heavy atom. The van der Waals surface area contributed by atoms with Crippen LogP contribution in [0, 0.1) is 11.7 Å². The molecule has 1 aliphatic carbocycles. The number of ether oxygens (including phenoxy) is 2. The standard InChI is InChI=1S/C28H28FN3O5/c29-21-3-1-2-20(14-21)26-23-15-22(7-6-18(23)8-9-32(26)27(33)19-4-5-19)36-17-25-30-24(16-37-25)28(34)31-10-12-35-13-11-31/h1-3,6-7,14-16,19,26H,4-5,8-13,17H2/t26-/m0/s1. The van der Waals surface area contributed by atoms with Crippen molar-refractivity contribution < 1.29 is 27.9 Å². The molecule has 0 unspecified atom stereocenters. The van der Waals surface area contributed by atoms with E-state index in [1.54, 1.807) is 11.0 Å². The molecule has 3 aromatic rings. The topological polar surface area (TPSA) is 85.1 Å². The SMILES string of the molecule is O=C(c1coc(COc2ccc3c(c2)[C@H](c2cccc(F)c2)N(C(=O)C2CC2)CC3)n1)N1CCOCC1. The van der Waals surface area contributed by atoms with Gasteiger partial charge in [-0.3, -0.25) is 9.59 Å².